The Bertz CT molecular complexity index is 1070. The lowest BCUT2D eigenvalue weighted by atomic mass is 9.91. The first-order chi connectivity index (χ1) is 15.7. The fraction of sp³-hybridized carbons (Fsp3) is 0.478. The Labute approximate surface area is 193 Å². The van der Waals surface area contributed by atoms with E-state index in [1.165, 1.54) is 7.11 Å². The Morgan fingerprint density at radius 3 is 2.79 bits per heavy atom. The summed E-state index contributed by atoms with van der Waals surface area (Å²) in [5.41, 5.74) is 1.17. The van der Waals surface area contributed by atoms with Gasteiger partial charge >= 0.3 is 0 Å². The largest absolute Gasteiger partial charge is 0.495 e. The predicted molar refractivity (Wildman–Crippen MR) is 125 cm³/mol. The average Bonchev–Trinajstić information content (AvgIpc) is 3.34. The maximum absolute atomic E-state index is 13.1. The van der Waals surface area contributed by atoms with Gasteiger partial charge in [0.15, 0.2) is 5.82 Å². The number of nitrogens with zero attached hydrogens (tertiary/aromatic N) is 4. The van der Waals surface area contributed by atoms with Gasteiger partial charge in [0.05, 0.1) is 37.1 Å². The zero-order valence-corrected chi connectivity index (χ0v) is 19.6. The van der Waals surface area contributed by atoms with Crippen molar-refractivity contribution in [3.63, 3.8) is 0 Å². The van der Waals surface area contributed by atoms with Crippen molar-refractivity contribution in [3.05, 3.63) is 30.0 Å². The van der Waals surface area contributed by atoms with Gasteiger partial charge in [0, 0.05) is 32.8 Å². The highest BCUT2D eigenvalue weighted by molar-refractivity contribution is 6.01. The molecule has 2 N–H and O–H groups in total. The molecule has 0 aliphatic carbocycles. The third-order valence-corrected chi connectivity index (χ3v) is 6.12. The number of rotatable bonds is 5. The first-order valence-corrected chi connectivity index (χ1v) is 10.9. The number of hydrogen-bond acceptors (Lipinski definition) is 8. The summed E-state index contributed by atoms with van der Waals surface area (Å²) < 4.78 is 11.1. The van der Waals surface area contributed by atoms with E-state index in [0.29, 0.717) is 54.2 Å². The van der Waals surface area contributed by atoms with Gasteiger partial charge in [-0.2, -0.15) is 4.98 Å². The number of aromatic nitrogens is 2. The lowest BCUT2D eigenvalue weighted by Gasteiger charge is -2.33. The van der Waals surface area contributed by atoms with E-state index in [0.717, 1.165) is 6.42 Å². The molecule has 1 aromatic carbocycles. The number of ether oxygens (including phenoxy) is 2. The van der Waals surface area contributed by atoms with Gasteiger partial charge in [-0.3, -0.25) is 9.59 Å². The molecule has 10 heteroatoms. The number of anilines is 4. The smallest absolute Gasteiger partial charge is 0.251 e. The molecular formula is C23H30N6O4. The van der Waals surface area contributed by atoms with Crippen molar-refractivity contribution in [1.82, 2.24) is 15.3 Å². The van der Waals surface area contributed by atoms with Crippen molar-refractivity contribution in [1.29, 1.82) is 0 Å². The fourth-order valence-corrected chi connectivity index (χ4v) is 4.28. The summed E-state index contributed by atoms with van der Waals surface area (Å²) in [5.74, 6) is 1.35. The van der Waals surface area contributed by atoms with Crippen molar-refractivity contribution in [2.45, 2.75) is 26.3 Å². The van der Waals surface area contributed by atoms with Crippen LogP contribution in [0.2, 0.25) is 0 Å². The molecule has 1 fully saturated rings. The van der Waals surface area contributed by atoms with Crippen LogP contribution in [-0.2, 0) is 9.53 Å². The Hall–Kier alpha value is -3.40. The molecule has 10 nitrogen and oxygen atoms in total. The van der Waals surface area contributed by atoms with Crippen molar-refractivity contribution in [2.24, 2.45) is 5.41 Å². The molecule has 2 aliphatic heterocycles. The van der Waals surface area contributed by atoms with E-state index < -0.39 is 5.41 Å². The zero-order chi connectivity index (χ0) is 23.8. The van der Waals surface area contributed by atoms with Gasteiger partial charge in [0.2, 0.25) is 11.9 Å². The Kier molecular flexibility index (Phi) is 6.11. The molecule has 2 aromatic rings. The standard InChI is InChI=1S/C23H30N6O4/c1-23(2)13-29(15-8-9-33-12-15)19-17(28(4)21(23)31)11-25-22(27-19)26-16-7-6-14(20(30)24-3)10-18(16)32-5/h6-7,10-11,15H,8-9,12-13H2,1-5H3,(H,24,30)(H,25,26,27). The molecule has 0 bridgehead atoms. The highest BCUT2D eigenvalue weighted by atomic mass is 16.5. The number of hydrogen-bond donors (Lipinski definition) is 2. The van der Waals surface area contributed by atoms with Crippen molar-refractivity contribution in [2.75, 3.05) is 56.1 Å². The average molecular weight is 455 g/mol. The maximum atomic E-state index is 13.1. The number of methoxy groups -OCH3 is 1. The molecule has 0 saturated carbocycles. The molecular weight excluding hydrogens is 424 g/mol. The highest BCUT2D eigenvalue weighted by Gasteiger charge is 2.41. The molecule has 1 unspecified atom stereocenters. The van der Waals surface area contributed by atoms with Crippen LogP contribution in [0.25, 0.3) is 0 Å². The second kappa shape index (κ2) is 8.86. The minimum Gasteiger partial charge on any atom is -0.495 e. The number of fused-ring (bicyclic) bond motifs is 1. The van der Waals surface area contributed by atoms with Crippen LogP contribution >= 0.6 is 0 Å². The van der Waals surface area contributed by atoms with E-state index in [9.17, 15) is 9.59 Å². The molecule has 176 valence electrons. The van der Waals surface area contributed by atoms with E-state index in [4.69, 9.17) is 14.5 Å². The van der Waals surface area contributed by atoms with Crippen LogP contribution in [0.15, 0.2) is 24.4 Å². The lowest BCUT2D eigenvalue weighted by molar-refractivity contribution is -0.125. The van der Waals surface area contributed by atoms with E-state index in [1.54, 1.807) is 43.4 Å². The zero-order valence-electron chi connectivity index (χ0n) is 19.6. The molecule has 0 spiro atoms. The van der Waals surface area contributed by atoms with Crippen LogP contribution in [0.3, 0.4) is 0 Å². The number of benzene rings is 1. The summed E-state index contributed by atoms with van der Waals surface area (Å²) >= 11 is 0. The number of nitrogens with one attached hydrogen (secondary N) is 2. The van der Waals surface area contributed by atoms with Gasteiger partial charge in [0.1, 0.15) is 11.4 Å². The predicted octanol–water partition coefficient (Wildman–Crippen LogP) is 2.19. The van der Waals surface area contributed by atoms with Gasteiger partial charge in [-0.1, -0.05) is 0 Å². The first-order valence-electron chi connectivity index (χ1n) is 10.9. The van der Waals surface area contributed by atoms with Gasteiger partial charge in [0.25, 0.3) is 5.91 Å². The topological polar surface area (TPSA) is 109 Å². The minimum absolute atomic E-state index is 0.0148. The van der Waals surface area contributed by atoms with E-state index in [-0.39, 0.29) is 17.9 Å². The molecule has 3 heterocycles. The van der Waals surface area contributed by atoms with Gasteiger partial charge in [-0.25, -0.2) is 4.98 Å². The third kappa shape index (κ3) is 4.30. The van der Waals surface area contributed by atoms with Crippen molar-refractivity contribution in [3.8, 4) is 5.75 Å². The molecule has 2 aliphatic rings. The van der Waals surface area contributed by atoms with E-state index >= 15 is 0 Å². The molecule has 1 saturated heterocycles. The van der Waals surface area contributed by atoms with Crippen LogP contribution in [0.4, 0.5) is 23.1 Å². The first kappa shape index (κ1) is 22.8. The molecule has 1 aromatic heterocycles. The summed E-state index contributed by atoms with van der Waals surface area (Å²) in [5, 5.41) is 5.80. The van der Waals surface area contributed by atoms with Crippen molar-refractivity contribution >= 4 is 35.0 Å². The van der Waals surface area contributed by atoms with Gasteiger partial charge < -0.3 is 29.9 Å². The highest BCUT2D eigenvalue weighted by Crippen LogP contribution is 2.39. The quantitative estimate of drug-likeness (QED) is 0.708. The molecule has 4 rings (SSSR count). The summed E-state index contributed by atoms with van der Waals surface area (Å²) in [6, 6.07) is 5.23. The summed E-state index contributed by atoms with van der Waals surface area (Å²) in [6.07, 6.45) is 2.53. The van der Waals surface area contributed by atoms with Crippen molar-refractivity contribution < 1.29 is 19.1 Å². The van der Waals surface area contributed by atoms with Gasteiger partial charge in [-0.05, 0) is 38.5 Å². The maximum Gasteiger partial charge on any atom is 0.251 e. The second-order valence-corrected chi connectivity index (χ2v) is 8.92. The Morgan fingerprint density at radius 1 is 1.33 bits per heavy atom. The second-order valence-electron chi connectivity index (χ2n) is 8.92. The van der Waals surface area contributed by atoms with Crippen LogP contribution in [-0.4, -0.2) is 68.8 Å². The molecule has 2 amide bonds. The molecule has 0 radical (unpaired) electrons. The number of amides is 2. The van der Waals surface area contributed by atoms with Gasteiger partial charge in [-0.15, -0.1) is 0 Å². The minimum atomic E-state index is -0.593. The normalized spacial score (nSPS) is 19.7. The van der Waals surface area contributed by atoms with Crippen LogP contribution in [0.5, 0.6) is 5.75 Å². The van der Waals surface area contributed by atoms with Crippen LogP contribution in [0.1, 0.15) is 30.6 Å². The lowest BCUT2D eigenvalue weighted by Crippen LogP contribution is -2.46. The van der Waals surface area contributed by atoms with Crippen LogP contribution < -0.4 is 25.2 Å². The van der Waals surface area contributed by atoms with Crippen LogP contribution in [0, 0.1) is 5.41 Å². The Balaban J connectivity index is 1.72. The summed E-state index contributed by atoms with van der Waals surface area (Å²) in [6.45, 7) is 5.70. The molecule has 1 atom stereocenters. The SMILES string of the molecule is CNC(=O)c1ccc(Nc2ncc3c(n2)N(C2CCOC2)CC(C)(C)C(=O)N3C)c(OC)c1. The molecule has 33 heavy (non-hydrogen) atoms. The van der Waals surface area contributed by atoms with E-state index in [2.05, 4.69) is 20.5 Å². The summed E-state index contributed by atoms with van der Waals surface area (Å²) in [4.78, 5) is 38.1. The number of carbonyl (C=O) groups is 2. The number of carbonyl (C=O) groups excluding carboxylic acids is 2. The Morgan fingerprint density at radius 2 is 2.12 bits per heavy atom. The summed E-state index contributed by atoms with van der Waals surface area (Å²) in [7, 11) is 4.87. The fourth-order valence-electron chi connectivity index (χ4n) is 4.28. The monoisotopic (exact) mass is 454 g/mol. The third-order valence-electron chi connectivity index (χ3n) is 6.12. The van der Waals surface area contributed by atoms with E-state index in [1.807, 2.05) is 13.8 Å².